The van der Waals surface area contributed by atoms with E-state index in [0.29, 0.717) is 11.5 Å². The highest BCUT2D eigenvalue weighted by molar-refractivity contribution is 4.81. The van der Waals surface area contributed by atoms with Gasteiger partial charge in [0, 0.05) is 12.6 Å². The van der Waals surface area contributed by atoms with Crippen LogP contribution in [-0.4, -0.2) is 30.6 Å². The van der Waals surface area contributed by atoms with Crippen molar-refractivity contribution in [2.45, 2.75) is 46.6 Å². The zero-order chi connectivity index (χ0) is 10.8. The van der Waals surface area contributed by atoms with Gasteiger partial charge in [0.2, 0.25) is 0 Å². The fourth-order valence-electron chi connectivity index (χ4n) is 2.39. The SMILES string of the molecule is C[C@H](N)CN1CCC(C(C)(C)C)CC1. The third-order valence-electron chi connectivity index (χ3n) is 3.36. The van der Waals surface area contributed by atoms with E-state index in [1.807, 2.05) is 0 Å². The fourth-order valence-corrected chi connectivity index (χ4v) is 2.39. The van der Waals surface area contributed by atoms with E-state index < -0.39 is 0 Å². The van der Waals surface area contributed by atoms with Gasteiger partial charge in [-0.05, 0) is 44.2 Å². The summed E-state index contributed by atoms with van der Waals surface area (Å²) in [5.74, 6) is 0.895. The molecule has 0 amide bonds. The van der Waals surface area contributed by atoms with Crippen LogP contribution in [0.2, 0.25) is 0 Å². The number of nitrogens with zero attached hydrogens (tertiary/aromatic N) is 1. The largest absolute Gasteiger partial charge is 0.327 e. The molecule has 2 heteroatoms. The third-order valence-corrected chi connectivity index (χ3v) is 3.36. The van der Waals surface area contributed by atoms with Gasteiger partial charge in [-0.25, -0.2) is 0 Å². The molecule has 0 spiro atoms. The van der Waals surface area contributed by atoms with Crippen molar-refractivity contribution in [3.8, 4) is 0 Å². The standard InChI is InChI=1S/C12H26N2/c1-10(13)9-14-7-5-11(6-8-14)12(2,3)4/h10-11H,5-9,13H2,1-4H3/t10-/m0/s1. The van der Waals surface area contributed by atoms with E-state index in [4.69, 9.17) is 5.73 Å². The monoisotopic (exact) mass is 198 g/mol. The van der Waals surface area contributed by atoms with Gasteiger partial charge in [-0.2, -0.15) is 0 Å². The minimum atomic E-state index is 0.321. The van der Waals surface area contributed by atoms with Crippen LogP contribution in [0.25, 0.3) is 0 Å². The Morgan fingerprint density at radius 1 is 1.29 bits per heavy atom. The molecule has 2 N–H and O–H groups in total. The summed E-state index contributed by atoms with van der Waals surface area (Å²) in [5.41, 5.74) is 6.29. The van der Waals surface area contributed by atoms with Crippen LogP contribution in [0, 0.1) is 11.3 Å². The Morgan fingerprint density at radius 3 is 2.14 bits per heavy atom. The molecule has 1 atom stereocenters. The molecule has 0 aromatic heterocycles. The number of piperidine rings is 1. The van der Waals surface area contributed by atoms with Crippen LogP contribution in [0.3, 0.4) is 0 Å². The second-order valence-electron chi connectivity index (χ2n) is 5.92. The molecule has 0 bridgehead atoms. The maximum atomic E-state index is 5.80. The van der Waals surface area contributed by atoms with E-state index in [-0.39, 0.29) is 0 Å². The summed E-state index contributed by atoms with van der Waals surface area (Å²) >= 11 is 0. The Hall–Kier alpha value is -0.0800. The number of rotatable bonds is 2. The van der Waals surface area contributed by atoms with Crippen molar-refractivity contribution < 1.29 is 0 Å². The topological polar surface area (TPSA) is 29.3 Å². The minimum Gasteiger partial charge on any atom is -0.327 e. The molecule has 84 valence electrons. The van der Waals surface area contributed by atoms with Crippen molar-refractivity contribution >= 4 is 0 Å². The van der Waals surface area contributed by atoms with Gasteiger partial charge in [0.15, 0.2) is 0 Å². The molecule has 0 saturated carbocycles. The molecule has 14 heavy (non-hydrogen) atoms. The average Bonchev–Trinajstić information content (AvgIpc) is 2.02. The first-order chi connectivity index (χ1) is 6.39. The molecule has 1 aliphatic rings. The van der Waals surface area contributed by atoms with Crippen molar-refractivity contribution in [1.82, 2.24) is 4.90 Å². The number of nitrogens with two attached hydrogens (primary N) is 1. The minimum absolute atomic E-state index is 0.321. The van der Waals surface area contributed by atoms with Crippen LogP contribution < -0.4 is 5.73 Å². The lowest BCUT2D eigenvalue weighted by molar-refractivity contribution is 0.109. The van der Waals surface area contributed by atoms with Gasteiger partial charge in [-0.3, -0.25) is 0 Å². The summed E-state index contributed by atoms with van der Waals surface area (Å²) < 4.78 is 0. The van der Waals surface area contributed by atoms with E-state index in [1.54, 1.807) is 0 Å². The first kappa shape index (κ1) is 12.0. The van der Waals surface area contributed by atoms with Gasteiger partial charge in [-0.1, -0.05) is 20.8 Å². The van der Waals surface area contributed by atoms with Crippen LogP contribution in [0.4, 0.5) is 0 Å². The molecule has 1 saturated heterocycles. The molecule has 0 radical (unpaired) electrons. The van der Waals surface area contributed by atoms with Crippen LogP contribution in [0.5, 0.6) is 0 Å². The maximum Gasteiger partial charge on any atom is 0.0139 e. The molecule has 2 nitrogen and oxygen atoms in total. The molecule has 1 aliphatic heterocycles. The number of hydrogen-bond donors (Lipinski definition) is 1. The van der Waals surface area contributed by atoms with Crippen LogP contribution in [-0.2, 0) is 0 Å². The van der Waals surface area contributed by atoms with E-state index in [9.17, 15) is 0 Å². The van der Waals surface area contributed by atoms with Crippen molar-refractivity contribution in [3.63, 3.8) is 0 Å². The van der Waals surface area contributed by atoms with Gasteiger partial charge in [0.25, 0.3) is 0 Å². The highest BCUT2D eigenvalue weighted by atomic mass is 15.1. The lowest BCUT2D eigenvalue weighted by Crippen LogP contribution is -2.42. The quantitative estimate of drug-likeness (QED) is 0.736. The van der Waals surface area contributed by atoms with Gasteiger partial charge in [-0.15, -0.1) is 0 Å². The van der Waals surface area contributed by atoms with Crippen LogP contribution in [0.15, 0.2) is 0 Å². The molecule has 0 unspecified atom stereocenters. The van der Waals surface area contributed by atoms with Crippen molar-refractivity contribution in [1.29, 1.82) is 0 Å². The molecular weight excluding hydrogens is 172 g/mol. The first-order valence-electron chi connectivity index (χ1n) is 5.87. The van der Waals surface area contributed by atoms with Crippen molar-refractivity contribution in [2.75, 3.05) is 19.6 Å². The highest BCUT2D eigenvalue weighted by Crippen LogP contribution is 2.34. The second kappa shape index (κ2) is 4.63. The Labute approximate surface area is 88.8 Å². The Bertz CT molecular complexity index is 162. The molecule has 0 aromatic carbocycles. The van der Waals surface area contributed by atoms with E-state index in [0.717, 1.165) is 12.5 Å². The van der Waals surface area contributed by atoms with E-state index >= 15 is 0 Å². The van der Waals surface area contributed by atoms with E-state index in [1.165, 1.54) is 25.9 Å². The fraction of sp³-hybridized carbons (Fsp3) is 1.00. The summed E-state index contributed by atoms with van der Waals surface area (Å²) in [5, 5.41) is 0. The Balaban J connectivity index is 2.31. The molecule has 1 rings (SSSR count). The number of hydrogen-bond acceptors (Lipinski definition) is 2. The summed E-state index contributed by atoms with van der Waals surface area (Å²) in [4.78, 5) is 2.51. The molecule has 0 aromatic rings. The smallest absolute Gasteiger partial charge is 0.0139 e. The van der Waals surface area contributed by atoms with Gasteiger partial charge in [0.05, 0.1) is 0 Å². The summed E-state index contributed by atoms with van der Waals surface area (Å²) in [6, 6.07) is 0.321. The predicted octanol–water partition coefficient (Wildman–Crippen LogP) is 2.09. The first-order valence-corrected chi connectivity index (χ1v) is 5.87. The van der Waals surface area contributed by atoms with Gasteiger partial charge >= 0.3 is 0 Å². The van der Waals surface area contributed by atoms with Gasteiger partial charge < -0.3 is 10.6 Å². The molecule has 1 fully saturated rings. The normalized spacial score (nSPS) is 23.8. The zero-order valence-electron chi connectivity index (χ0n) is 10.2. The molecule has 1 heterocycles. The lowest BCUT2D eigenvalue weighted by Gasteiger charge is -2.39. The predicted molar refractivity (Wildman–Crippen MR) is 62.3 cm³/mol. The summed E-state index contributed by atoms with van der Waals surface area (Å²) in [6.45, 7) is 12.7. The third kappa shape index (κ3) is 3.58. The van der Waals surface area contributed by atoms with Crippen molar-refractivity contribution in [3.05, 3.63) is 0 Å². The summed E-state index contributed by atoms with van der Waals surface area (Å²) in [6.07, 6.45) is 2.69. The summed E-state index contributed by atoms with van der Waals surface area (Å²) in [7, 11) is 0. The Morgan fingerprint density at radius 2 is 1.79 bits per heavy atom. The van der Waals surface area contributed by atoms with E-state index in [2.05, 4.69) is 32.6 Å². The zero-order valence-corrected chi connectivity index (χ0v) is 10.2. The second-order valence-corrected chi connectivity index (χ2v) is 5.92. The molecule has 0 aliphatic carbocycles. The van der Waals surface area contributed by atoms with Gasteiger partial charge in [0.1, 0.15) is 0 Å². The lowest BCUT2D eigenvalue weighted by atomic mass is 9.75. The van der Waals surface area contributed by atoms with Crippen LogP contribution >= 0.6 is 0 Å². The Kier molecular flexibility index (Phi) is 3.96. The van der Waals surface area contributed by atoms with Crippen molar-refractivity contribution in [2.24, 2.45) is 17.1 Å². The van der Waals surface area contributed by atoms with Crippen LogP contribution in [0.1, 0.15) is 40.5 Å². The maximum absolute atomic E-state index is 5.80. The number of likely N-dealkylation sites (tertiary alicyclic amines) is 1. The average molecular weight is 198 g/mol. The molecular formula is C12H26N2. The highest BCUT2D eigenvalue weighted by Gasteiger charge is 2.28.